The van der Waals surface area contributed by atoms with Gasteiger partial charge in [0.25, 0.3) is 0 Å². The molecule has 2 bridgehead atoms. The van der Waals surface area contributed by atoms with Crippen molar-refractivity contribution in [3.05, 3.63) is 25.3 Å². The molecule has 206 valence electrons. The molecule has 4 aliphatic rings. The zero-order valence-corrected chi connectivity index (χ0v) is 23.8. The predicted molar refractivity (Wildman–Crippen MR) is 148 cm³/mol. The Morgan fingerprint density at radius 3 is 2.35 bits per heavy atom. The number of carbonyl (C=O) groups excluding carboxylic acids is 3. The third kappa shape index (κ3) is 4.46. The first-order chi connectivity index (χ1) is 17.6. The zero-order valence-electron chi connectivity index (χ0n) is 23.0. The molecule has 37 heavy (non-hydrogen) atoms. The summed E-state index contributed by atoms with van der Waals surface area (Å²) in [5, 5.41) is 10.5. The summed E-state index contributed by atoms with van der Waals surface area (Å²) in [6.45, 7) is 14.4. The number of carbonyl (C=O) groups is 3. The second-order valence-corrected chi connectivity index (χ2v) is 13.9. The maximum Gasteiger partial charge on any atom is 0.247 e. The third-order valence-corrected chi connectivity index (χ3v) is 11.4. The first kappa shape index (κ1) is 28.2. The summed E-state index contributed by atoms with van der Waals surface area (Å²) in [6, 6.07) is -1.04. The molecule has 1 saturated carbocycles. The van der Waals surface area contributed by atoms with Gasteiger partial charge < -0.3 is 19.8 Å². The van der Waals surface area contributed by atoms with Crippen LogP contribution in [-0.2, 0) is 14.4 Å². The Balaban J connectivity index is 1.81. The summed E-state index contributed by atoms with van der Waals surface area (Å²) in [4.78, 5) is 48.2. The minimum atomic E-state index is -0.694. The second kappa shape index (κ2) is 10.8. The number of thioether (sulfide) groups is 1. The standard InChI is InChI=1S/C29H45N3O4S/c1-7-16-30(6)25(34)22-23-26(35)32(21(18-33)19(3)4)24(29(23)15-14-28(22,5)37-29)27(36)31(17-8-2)20-12-10-9-11-13-20/h7-8,19-24,33H,1-2,9-18H2,3-6H3/t21-,22-,23-,24?,28+,29?/m0/s1. The minimum Gasteiger partial charge on any atom is -0.394 e. The van der Waals surface area contributed by atoms with Gasteiger partial charge in [-0.15, -0.1) is 24.9 Å². The second-order valence-electron chi connectivity index (χ2n) is 12.0. The average molecular weight is 532 g/mol. The summed E-state index contributed by atoms with van der Waals surface area (Å²) in [5.74, 6) is -1.34. The van der Waals surface area contributed by atoms with Crippen LogP contribution < -0.4 is 0 Å². The first-order valence-corrected chi connectivity index (χ1v) is 14.8. The molecule has 3 saturated heterocycles. The quantitative estimate of drug-likeness (QED) is 0.437. The average Bonchev–Trinajstić information content (AvgIpc) is 3.44. The van der Waals surface area contributed by atoms with Crippen molar-refractivity contribution >= 4 is 29.5 Å². The summed E-state index contributed by atoms with van der Waals surface area (Å²) < 4.78 is -1.08. The molecule has 3 heterocycles. The van der Waals surface area contributed by atoms with Crippen molar-refractivity contribution < 1.29 is 19.5 Å². The van der Waals surface area contributed by atoms with Gasteiger partial charge in [-0.3, -0.25) is 14.4 Å². The highest BCUT2D eigenvalue weighted by molar-refractivity contribution is 8.02. The molecule has 4 rings (SSSR count). The van der Waals surface area contributed by atoms with Gasteiger partial charge in [-0.05, 0) is 38.5 Å². The SMILES string of the molecule is C=CCN(C)C(=O)[C@@H]1[C@H]2C(=O)N([C@@H](CO)C(C)C)C(C(=O)N(CC=C)C3CCCCC3)C23CC[C@@]1(C)S3. The number of rotatable bonds is 10. The van der Waals surface area contributed by atoms with Crippen LogP contribution in [0.5, 0.6) is 0 Å². The Morgan fingerprint density at radius 2 is 1.78 bits per heavy atom. The highest BCUT2D eigenvalue weighted by Gasteiger charge is 2.78. The van der Waals surface area contributed by atoms with Crippen LogP contribution in [0.3, 0.4) is 0 Å². The van der Waals surface area contributed by atoms with E-state index in [4.69, 9.17) is 0 Å². The molecule has 8 heteroatoms. The van der Waals surface area contributed by atoms with E-state index in [0.29, 0.717) is 13.1 Å². The topological polar surface area (TPSA) is 81.2 Å². The molecule has 2 unspecified atom stereocenters. The molecule has 1 spiro atoms. The number of aliphatic hydroxyl groups is 1. The molecule has 1 aliphatic carbocycles. The van der Waals surface area contributed by atoms with Gasteiger partial charge in [0.2, 0.25) is 17.7 Å². The summed E-state index contributed by atoms with van der Waals surface area (Å²) in [7, 11) is 1.76. The van der Waals surface area contributed by atoms with E-state index in [1.807, 2.05) is 18.7 Å². The monoisotopic (exact) mass is 531 g/mol. The number of hydrogen-bond acceptors (Lipinski definition) is 5. The van der Waals surface area contributed by atoms with Crippen LogP contribution in [0.1, 0.15) is 65.7 Å². The largest absolute Gasteiger partial charge is 0.394 e. The van der Waals surface area contributed by atoms with E-state index >= 15 is 0 Å². The molecule has 0 aromatic rings. The van der Waals surface area contributed by atoms with Crippen LogP contribution in [0.4, 0.5) is 0 Å². The number of likely N-dealkylation sites (N-methyl/N-ethyl adjacent to an activating group) is 1. The molecule has 6 atom stereocenters. The van der Waals surface area contributed by atoms with Gasteiger partial charge in [-0.25, -0.2) is 0 Å². The molecule has 3 aliphatic heterocycles. The Bertz CT molecular complexity index is 934. The van der Waals surface area contributed by atoms with Crippen molar-refractivity contribution in [2.75, 3.05) is 26.7 Å². The van der Waals surface area contributed by atoms with Crippen LogP contribution >= 0.6 is 11.8 Å². The van der Waals surface area contributed by atoms with Gasteiger partial charge >= 0.3 is 0 Å². The van der Waals surface area contributed by atoms with Crippen LogP contribution in [0.25, 0.3) is 0 Å². The van der Waals surface area contributed by atoms with Gasteiger partial charge in [0, 0.05) is 30.9 Å². The number of fused-ring (bicyclic) bond motifs is 1. The smallest absolute Gasteiger partial charge is 0.247 e. The Hall–Kier alpha value is -1.80. The highest BCUT2D eigenvalue weighted by atomic mass is 32.2. The van der Waals surface area contributed by atoms with E-state index in [0.717, 1.165) is 38.5 Å². The lowest BCUT2D eigenvalue weighted by molar-refractivity contribution is -0.149. The zero-order chi connectivity index (χ0) is 27.1. The molecular formula is C29H45N3O4S. The number of nitrogens with zero attached hydrogens (tertiary/aromatic N) is 3. The van der Waals surface area contributed by atoms with Crippen molar-refractivity contribution in [2.45, 2.75) is 93.3 Å². The molecule has 1 N–H and O–H groups in total. The van der Waals surface area contributed by atoms with E-state index in [9.17, 15) is 19.5 Å². The number of amides is 3. The van der Waals surface area contributed by atoms with Gasteiger partial charge in [-0.1, -0.05) is 45.3 Å². The Labute approximate surface area is 226 Å². The van der Waals surface area contributed by atoms with Crippen molar-refractivity contribution in [1.29, 1.82) is 0 Å². The molecule has 3 amide bonds. The van der Waals surface area contributed by atoms with Crippen molar-refractivity contribution in [3.8, 4) is 0 Å². The molecule has 0 aromatic carbocycles. The number of likely N-dealkylation sites (tertiary alicyclic amines) is 1. The van der Waals surface area contributed by atoms with Gasteiger partial charge in [0.05, 0.1) is 29.2 Å². The lowest BCUT2D eigenvalue weighted by Crippen LogP contribution is -2.60. The maximum absolute atomic E-state index is 14.7. The normalized spacial score (nSPS) is 33.9. The van der Waals surface area contributed by atoms with Crippen LogP contribution in [0.15, 0.2) is 25.3 Å². The summed E-state index contributed by atoms with van der Waals surface area (Å²) in [6.07, 6.45) is 10.3. The fourth-order valence-corrected chi connectivity index (χ4v) is 9.96. The van der Waals surface area contributed by atoms with Crippen molar-refractivity contribution in [2.24, 2.45) is 17.8 Å². The Kier molecular flexibility index (Phi) is 8.20. The van der Waals surface area contributed by atoms with Gasteiger partial charge in [-0.2, -0.15) is 0 Å². The molecule has 4 fully saturated rings. The predicted octanol–water partition coefficient (Wildman–Crippen LogP) is 3.48. The maximum atomic E-state index is 14.7. The summed E-state index contributed by atoms with van der Waals surface area (Å²) >= 11 is 1.70. The van der Waals surface area contributed by atoms with E-state index in [2.05, 4.69) is 20.1 Å². The van der Waals surface area contributed by atoms with Gasteiger partial charge in [0.15, 0.2) is 0 Å². The van der Waals surface area contributed by atoms with E-state index in [1.165, 1.54) is 6.42 Å². The molecular weight excluding hydrogens is 486 g/mol. The van der Waals surface area contributed by atoms with Crippen LogP contribution in [0.2, 0.25) is 0 Å². The fraction of sp³-hybridized carbons (Fsp3) is 0.759. The van der Waals surface area contributed by atoms with Crippen LogP contribution in [0, 0.1) is 17.8 Å². The summed E-state index contributed by atoms with van der Waals surface area (Å²) in [5.41, 5.74) is 0. The molecule has 7 nitrogen and oxygen atoms in total. The van der Waals surface area contributed by atoms with Crippen molar-refractivity contribution in [3.63, 3.8) is 0 Å². The lowest BCUT2D eigenvalue weighted by atomic mass is 9.66. The number of hydrogen-bond donors (Lipinski definition) is 1. The number of aliphatic hydroxyl groups excluding tert-OH is 1. The lowest BCUT2D eigenvalue weighted by Gasteiger charge is -2.43. The van der Waals surface area contributed by atoms with Gasteiger partial charge in [0.1, 0.15) is 6.04 Å². The van der Waals surface area contributed by atoms with Crippen LogP contribution in [-0.4, -0.2) is 91.9 Å². The first-order valence-electron chi connectivity index (χ1n) is 14.0. The highest BCUT2D eigenvalue weighted by Crippen LogP contribution is 2.72. The van der Waals surface area contributed by atoms with E-state index in [-0.39, 0.29) is 36.3 Å². The minimum absolute atomic E-state index is 0.0302. The fourth-order valence-electron chi connectivity index (χ4n) is 7.63. The molecule has 0 radical (unpaired) electrons. The third-order valence-electron chi connectivity index (χ3n) is 9.43. The van der Waals surface area contributed by atoms with E-state index < -0.39 is 33.4 Å². The van der Waals surface area contributed by atoms with E-state index in [1.54, 1.807) is 40.8 Å². The Morgan fingerprint density at radius 1 is 1.14 bits per heavy atom. The van der Waals surface area contributed by atoms with Crippen molar-refractivity contribution in [1.82, 2.24) is 14.7 Å². The molecule has 0 aromatic heterocycles.